The smallest absolute Gasteiger partial charge is 0.136 e. The lowest BCUT2D eigenvalue weighted by molar-refractivity contribution is 0.487. The van der Waals surface area contributed by atoms with Gasteiger partial charge in [-0.2, -0.15) is 0 Å². The van der Waals surface area contributed by atoms with Gasteiger partial charge in [0.2, 0.25) is 0 Å². The number of fused-ring (bicyclic) bond motifs is 5. The molecule has 0 N–H and O–H groups in total. The third-order valence-corrected chi connectivity index (χ3v) is 8.48. The monoisotopic (exact) mass is 536 g/mol. The molecule has 2 nitrogen and oxygen atoms in total. The maximum absolute atomic E-state index is 6.30. The minimum absolute atomic E-state index is 0.897. The Morgan fingerprint density at radius 3 is 1.81 bits per heavy atom. The van der Waals surface area contributed by atoms with Crippen molar-refractivity contribution in [1.29, 1.82) is 0 Å². The maximum atomic E-state index is 6.30. The number of ether oxygens (including phenoxy) is 1. The molecule has 0 aliphatic carbocycles. The van der Waals surface area contributed by atoms with Gasteiger partial charge in [-0.05, 0) is 80.7 Å². The van der Waals surface area contributed by atoms with Crippen molar-refractivity contribution >= 4 is 32.7 Å². The third kappa shape index (κ3) is 3.39. The van der Waals surface area contributed by atoms with Crippen molar-refractivity contribution in [3.63, 3.8) is 0 Å². The molecule has 9 rings (SSSR count). The molecule has 1 aliphatic heterocycles. The minimum atomic E-state index is 0.897. The Balaban J connectivity index is 1.30. The third-order valence-electron chi connectivity index (χ3n) is 8.48. The van der Waals surface area contributed by atoms with E-state index >= 15 is 0 Å². The largest absolute Gasteiger partial charge is 0.456 e. The summed E-state index contributed by atoms with van der Waals surface area (Å²) in [4.78, 5) is 0. The van der Waals surface area contributed by atoms with E-state index in [9.17, 15) is 0 Å². The van der Waals surface area contributed by atoms with Crippen LogP contribution in [0.4, 0.5) is 0 Å². The molecule has 1 aliphatic rings. The fourth-order valence-electron chi connectivity index (χ4n) is 6.66. The molecule has 2 heterocycles. The molecule has 8 aromatic rings. The highest BCUT2D eigenvalue weighted by atomic mass is 16.5. The molecule has 0 saturated carbocycles. The van der Waals surface area contributed by atoms with Crippen LogP contribution in [0.25, 0.3) is 77.2 Å². The van der Waals surface area contributed by atoms with Crippen molar-refractivity contribution in [2.24, 2.45) is 0 Å². The highest BCUT2D eigenvalue weighted by Crippen LogP contribution is 2.49. The Morgan fingerprint density at radius 2 is 0.952 bits per heavy atom. The van der Waals surface area contributed by atoms with E-state index in [1.807, 2.05) is 24.3 Å². The highest BCUT2D eigenvalue weighted by Gasteiger charge is 2.22. The quantitative estimate of drug-likeness (QED) is 0.224. The number of hydrogen-bond donors (Lipinski definition) is 0. The zero-order chi connectivity index (χ0) is 27.6. The second kappa shape index (κ2) is 8.95. The van der Waals surface area contributed by atoms with Crippen LogP contribution in [0.1, 0.15) is 0 Å². The summed E-state index contributed by atoms with van der Waals surface area (Å²) in [5.74, 6) is 1.81. The summed E-state index contributed by atoms with van der Waals surface area (Å²) >= 11 is 0. The van der Waals surface area contributed by atoms with Crippen LogP contribution < -0.4 is 4.74 Å². The SMILES string of the molecule is c1ccc2c(c1)Oc1cccc3cc(-c4ccccc4-c4ccccc4-c4cccc5oc6ccccc6c45)cc-2c13. The normalized spacial score (nSPS) is 12.0. The molecule has 0 amide bonds. The van der Waals surface area contributed by atoms with Crippen LogP contribution >= 0.6 is 0 Å². The molecule has 0 fully saturated rings. The van der Waals surface area contributed by atoms with Crippen molar-refractivity contribution in [3.8, 4) is 56.0 Å². The molecule has 42 heavy (non-hydrogen) atoms. The van der Waals surface area contributed by atoms with E-state index in [1.54, 1.807) is 0 Å². The molecular formula is C40H24O2. The van der Waals surface area contributed by atoms with Crippen molar-refractivity contribution in [1.82, 2.24) is 0 Å². The molecule has 0 spiro atoms. The summed E-state index contributed by atoms with van der Waals surface area (Å²) in [6.07, 6.45) is 0. The molecule has 2 heteroatoms. The van der Waals surface area contributed by atoms with Crippen LogP contribution in [0.15, 0.2) is 150 Å². The Bertz CT molecular complexity index is 2340. The zero-order valence-electron chi connectivity index (χ0n) is 22.7. The number of rotatable bonds is 3. The predicted octanol–water partition coefficient (Wildman–Crippen LogP) is 11.5. The summed E-state index contributed by atoms with van der Waals surface area (Å²) < 4.78 is 12.6. The Kier molecular flexibility index (Phi) is 4.93. The summed E-state index contributed by atoms with van der Waals surface area (Å²) in [7, 11) is 0. The summed E-state index contributed by atoms with van der Waals surface area (Å²) in [6.45, 7) is 0. The first-order valence-electron chi connectivity index (χ1n) is 14.3. The first kappa shape index (κ1) is 23.1. The topological polar surface area (TPSA) is 22.4 Å². The average Bonchev–Trinajstić information content (AvgIpc) is 3.44. The molecule has 0 atom stereocenters. The Morgan fingerprint density at radius 1 is 0.357 bits per heavy atom. The summed E-state index contributed by atoms with van der Waals surface area (Å²) in [6, 6.07) is 51.4. The van der Waals surface area contributed by atoms with Gasteiger partial charge in [0.1, 0.15) is 22.7 Å². The molecule has 196 valence electrons. The second-order valence-electron chi connectivity index (χ2n) is 10.8. The molecule has 0 unspecified atom stereocenters. The van der Waals surface area contributed by atoms with Gasteiger partial charge in [-0.25, -0.2) is 0 Å². The first-order chi connectivity index (χ1) is 20.8. The van der Waals surface area contributed by atoms with Crippen LogP contribution in [0.5, 0.6) is 11.5 Å². The van der Waals surface area contributed by atoms with Crippen LogP contribution in [0.2, 0.25) is 0 Å². The van der Waals surface area contributed by atoms with Gasteiger partial charge in [0.15, 0.2) is 0 Å². The van der Waals surface area contributed by atoms with Gasteiger partial charge in [0.05, 0.1) is 0 Å². The van der Waals surface area contributed by atoms with Crippen molar-refractivity contribution < 1.29 is 9.15 Å². The standard InChI is InChI=1S/C40H24O2/c1-2-13-28(29-14-3-4-15-30(29)32-18-10-22-38-40(32)33-17-6-8-20-36(33)42-38)27(12-1)26-23-25-11-9-21-37-39(25)34(24-26)31-16-5-7-19-35(31)41-37/h1-24H. The number of hydrogen-bond acceptors (Lipinski definition) is 2. The zero-order valence-corrected chi connectivity index (χ0v) is 22.7. The van der Waals surface area contributed by atoms with E-state index in [-0.39, 0.29) is 0 Å². The summed E-state index contributed by atoms with van der Waals surface area (Å²) in [5, 5.41) is 4.62. The Hall–Kier alpha value is -5.60. The van der Waals surface area contributed by atoms with Gasteiger partial charge in [0.25, 0.3) is 0 Å². The van der Waals surface area contributed by atoms with Crippen LogP contribution in [-0.4, -0.2) is 0 Å². The molecular weight excluding hydrogens is 512 g/mol. The lowest BCUT2D eigenvalue weighted by atomic mass is 9.86. The van der Waals surface area contributed by atoms with Gasteiger partial charge in [-0.1, -0.05) is 109 Å². The number of para-hydroxylation sites is 2. The summed E-state index contributed by atoms with van der Waals surface area (Å²) in [5.41, 5.74) is 11.3. The van der Waals surface area contributed by atoms with E-state index in [2.05, 4.69) is 121 Å². The van der Waals surface area contributed by atoms with Crippen LogP contribution in [0.3, 0.4) is 0 Å². The first-order valence-corrected chi connectivity index (χ1v) is 14.3. The number of benzene rings is 7. The molecule has 0 saturated heterocycles. The van der Waals surface area contributed by atoms with Gasteiger partial charge in [-0.15, -0.1) is 0 Å². The van der Waals surface area contributed by atoms with E-state index in [0.29, 0.717) is 0 Å². The van der Waals surface area contributed by atoms with E-state index < -0.39 is 0 Å². The predicted molar refractivity (Wildman–Crippen MR) is 173 cm³/mol. The lowest BCUT2D eigenvalue weighted by Gasteiger charge is -2.23. The Labute approximate surface area is 243 Å². The van der Waals surface area contributed by atoms with E-state index in [4.69, 9.17) is 9.15 Å². The number of furan rings is 1. The lowest BCUT2D eigenvalue weighted by Crippen LogP contribution is -1.97. The van der Waals surface area contributed by atoms with E-state index in [1.165, 1.54) is 44.3 Å². The van der Waals surface area contributed by atoms with Crippen molar-refractivity contribution in [2.45, 2.75) is 0 Å². The average molecular weight is 537 g/mol. The van der Waals surface area contributed by atoms with Crippen molar-refractivity contribution in [3.05, 3.63) is 146 Å². The highest BCUT2D eigenvalue weighted by molar-refractivity contribution is 6.14. The molecule has 0 bridgehead atoms. The van der Waals surface area contributed by atoms with Crippen molar-refractivity contribution in [2.75, 3.05) is 0 Å². The molecule has 7 aromatic carbocycles. The molecule has 1 aromatic heterocycles. The maximum Gasteiger partial charge on any atom is 0.136 e. The van der Waals surface area contributed by atoms with Gasteiger partial charge < -0.3 is 9.15 Å². The van der Waals surface area contributed by atoms with Crippen LogP contribution in [-0.2, 0) is 0 Å². The van der Waals surface area contributed by atoms with Gasteiger partial charge in [0, 0.05) is 21.7 Å². The van der Waals surface area contributed by atoms with E-state index in [0.717, 1.165) is 44.4 Å². The minimum Gasteiger partial charge on any atom is -0.456 e. The van der Waals surface area contributed by atoms with Crippen LogP contribution in [0, 0.1) is 0 Å². The second-order valence-corrected chi connectivity index (χ2v) is 10.8. The van der Waals surface area contributed by atoms with Gasteiger partial charge in [-0.3, -0.25) is 0 Å². The molecule has 0 radical (unpaired) electrons. The fraction of sp³-hybridized carbons (Fsp3) is 0. The fourth-order valence-corrected chi connectivity index (χ4v) is 6.66. The van der Waals surface area contributed by atoms with Gasteiger partial charge >= 0.3 is 0 Å².